The molecular formula is C20H23N3O6S. The fraction of sp³-hybridized carbons (Fsp3) is 0.500. The molecule has 3 aliphatic heterocycles. The highest BCUT2D eigenvalue weighted by Crippen LogP contribution is 2.25. The molecule has 0 saturated carbocycles. The largest absolute Gasteiger partial charge is 0.341 e. The number of sulfone groups is 1. The zero-order valence-corrected chi connectivity index (χ0v) is 17.5. The zero-order valence-electron chi connectivity index (χ0n) is 16.7. The highest BCUT2D eigenvalue weighted by molar-refractivity contribution is 7.91. The Hall–Kier alpha value is -2.75. The van der Waals surface area contributed by atoms with E-state index in [9.17, 15) is 27.6 Å². The van der Waals surface area contributed by atoms with Gasteiger partial charge in [0, 0.05) is 26.1 Å². The van der Waals surface area contributed by atoms with Gasteiger partial charge < -0.3 is 9.80 Å². The zero-order chi connectivity index (χ0) is 21.6. The van der Waals surface area contributed by atoms with Crippen LogP contribution < -0.4 is 0 Å². The summed E-state index contributed by atoms with van der Waals surface area (Å²) < 4.78 is 24.3. The molecule has 160 valence electrons. The van der Waals surface area contributed by atoms with E-state index in [0.717, 1.165) is 28.2 Å². The summed E-state index contributed by atoms with van der Waals surface area (Å²) >= 11 is 0. The molecule has 3 aliphatic rings. The molecule has 1 aromatic rings. The van der Waals surface area contributed by atoms with Crippen molar-refractivity contribution >= 4 is 33.5 Å². The van der Waals surface area contributed by atoms with Crippen molar-refractivity contribution in [1.82, 2.24) is 14.7 Å². The first-order chi connectivity index (χ1) is 14.2. The van der Waals surface area contributed by atoms with Gasteiger partial charge in [0.2, 0.25) is 11.8 Å². The number of fused-ring (bicyclic) bond motifs is 1. The maximum atomic E-state index is 12.8. The van der Waals surface area contributed by atoms with Gasteiger partial charge >= 0.3 is 0 Å². The van der Waals surface area contributed by atoms with Crippen LogP contribution in [0.4, 0.5) is 0 Å². The monoisotopic (exact) mass is 433 g/mol. The fourth-order valence-electron chi connectivity index (χ4n) is 4.24. The van der Waals surface area contributed by atoms with E-state index < -0.39 is 39.5 Å². The standard InChI is InChI=1S/C20H23N3O6S/c1-13-4-5-14-15(10-13)19(26)22(18(14)25)9-6-17(24)23-12-30(28,29)11-16(23)20(27)21-7-2-3-8-21/h4-5,10,16H,2-3,6-9,11-12H2,1H3/t16-/m0/s1. The molecule has 2 saturated heterocycles. The Morgan fingerprint density at radius 3 is 2.43 bits per heavy atom. The second-order valence-electron chi connectivity index (χ2n) is 8.01. The predicted octanol–water partition coefficient (Wildman–Crippen LogP) is 0.187. The lowest BCUT2D eigenvalue weighted by molar-refractivity contribution is -0.142. The molecule has 9 nitrogen and oxygen atoms in total. The van der Waals surface area contributed by atoms with Crippen molar-refractivity contribution in [3.05, 3.63) is 34.9 Å². The van der Waals surface area contributed by atoms with E-state index >= 15 is 0 Å². The van der Waals surface area contributed by atoms with E-state index in [4.69, 9.17) is 0 Å². The maximum Gasteiger partial charge on any atom is 0.261 e. The molecule has 4 amide bonds. The number of nitrogens with zero attached hydrogens (tertiary/aromatic N) is 3. The Kier molecular flexibility index (Phi) is 5.13. The van der Waals surface area contributed by atoms with Gasteiger partial charge in [0.15, 0.2) is 9.84 Å². The fourth-order valence-corrected chi connectivity index (χ4v) is 5.90. The lowest BCUT2D eigenvalue weighted by Gasteiger charge is -2.27. The molecule has 3 heterocycles. The Labute approximate surface area is 174 Å². The summed E-state index contributed by atoms with van der Waals surface area (Å²) in [5, 5.41) is 0. The van der Waals surface area contributed by atoms with E-state index in [1.807, 2.05) is 6.92 Å². The Bertz CT molecular complexity index is 1040. The number of imide groups is 1. The first-order valence-electron chi connectivity index (χ1n) is 9.93. The lowest BCUT2D eigenvalue weighted by Crippen LogP contribution is -2.48. The van der Waals surface area contributed by atoms with Gasteiger partial charge in [0.05, 0.1) is 16.9 Å². The molecule has 0 N–H and O–H groups in total. The summed E-state index contributed by atoms with van der Waals surface area (Å²) in [4.78, 5) is 54.3. The molecule has 10 heteroatoms. The Morgan fingerprint density at radius 1 is 1.07 bits per heavy atom. The molecule has 0 aliphatic carbocycles. The number of amides is 4. The van der Waals surface area contributed by atoms with Gasteiger partial charge in [-0.05, 0) is 31.9 Å². The molecule has 0 bridgehead atoms. The minimum Gasteiger partial charge on any atom is -0.341 e. The molecule has 0 aromatic heterocycles. The smallest absolute Gasteiger partial charge is 0.261 e. The van der Waals surface area contributed by atoms with Crippen molar-refractivity contribution in [3.63, 3.8) is 0 Å². The number of rotatable bonds is 4. The summed E-state index contributed by atoms with van der Waals surface area (Å²) in [5.41, 5.74) is 1.44. The molecule has 0 spiro atoms. The van der Waals surface area contributed by atoms with Gasteiger partial charge in [-0.15, -0.1) is 0 Å². The molecule has 1 aromatic carbocycles. The van der Waals surface area contributed by atoms with Crippen LogP contribution in [0.25, 0.3) is 0 Å². The van der Waals surface area contributed by atoms with Gasteiger partial charge in [0.1, 0.15) is 11.9 Å². The average molecular weight is 433 g/mol. The summed E-state index contributed by atoms with van der Waals surface area (Å²) in [6, 6.07) is 3.92. The number of carbonyl (C=O) groups is 4. The first kappa shape index (κ1) is 20.5. The van der Waals surface area contributed by atoms with Crippen LogP contribution in [0.1, 0.15) is 45.5 Å². The number of benzene rings is 1. The van der Waals surface area contributed by atoms with Crippen molar-refractivity contribution in [2.45, 2.75) is 32.2 Å². The second-order valence-corrected chi connectivity index (χ2v) is 10.1. The molecule has 0 unspecified atom stereocenters. The number of hydrogen-bond acceptors (Lipinski definition) is 6. The number of likely N-dealkylation sites (tertiary alicyclic amines) is 1. The number of aryl methyl sites for hydroxylation is 1. The summed E-state index contributed by atoms with van der Waals surface area (Å²) in [6.07, 6.45) is 1.49. The molecular weight excluding hydrogens is 410 g/mol. The van der Waals surface area contributed by atoms with Crippen LogP contribution in [0, 0.1) is 6.92 Å². The highest BCUT2D eigenvalue weighted by Gasteiger charge is 2.45. The minimum atomic E-state index is -3.56. The van der Waals surface area contributed by atoms with Crippen molar-refractivity contribution in [2.24, 2.45) is 0 Å². The normalized spacial score (nSPS) is 22.7. The third-order valence-electron chi connectivity index (χ3n) is 5.82. The van der Waals surface area contributed by atoms with E-state index in [2.05, 4.69) is 0 Å². The molecule has 0 radical (unpaired) electrons. The summed E-state index contributed by atoms with van der Waals surface area (Å²) in [6.45, 7) is 2.78. The molecule has 2 fully saturated rings. The van der Waals surface area contributed by atoms with Gasteiger partial charge in [-0.1, -0.05) is 11.6 Å². The van der Waals surface area contributed by atoms with Crippen molar-refractivity contribution in [1.29, 1.82) is 0 Å². The van der Waals surface area contributed by atoms with Crippen molar-refractivity contribution in [3.8, 4) is 0 Å². The van der Waals surface area contributed by atoms with Gasteiger partial charge in [0.25, 0.3) is 11.8 Å². The van der Waals surface area contributed by atoms with E-state index in [-0.39, 0.29) is 24.6 Å². The Balaban J connectivity index is 1.46. The Morgan fingerprint density at radius 2 is 1.73 bits per heavy atom. The highest BCUT2D eigenvalue weighted by atomic mass is 32.2. The van der Waals surface area contributed by atoms with Crippen LogP contribution in [0.2, 0.25) is 0 Å². The van der Waals surface area contributed by atoms with E-state index in [1.54, 1.807) is 23.1 Å². The van der Waals surface area contributed by atoms with Gasteiger partial charge in [-0.2, -0.15) is 0 Å². The first-order valence-corrected chi connectivity index (χ1v) is 11.8. The van der Waals surface area contributed by atoms with Crippen LogP contribution in [0.3, 0.4) is 0 Å². The van der Waals surface area contributed by atoms with Crippen molar-refractivity contribution < 1.29 is 27.6 Å². The average Bonchev–Trinajstić information content (AvgIpc) is 3.39. The lowest BCUT2D eigenvalue weighted by atomic mass is 10.1. The van der Waals surface area contributed by atoms with E-state index in [1.165, 1.54) is 0 Å². The second kappa shape index (κ2) is 7.50. The van der Waals surface area contributed by atoms with Gasteiger partial charge in [-0.3, -0.25) is 24.1 Å². The SMILES string of the molecule is Cc1ccc2c(c1)C(=O)N(CCC(=O)N1CS(=O)(=O)C[C@H]1C(=O)N1CCCC1)C2=O. The predicted molar refractivity (Wildman–Crippen MR) is 106 cm³/mol. The quantitative estimate of drug-likeness (QED) is 0.627. The minimum absolute atomic E-state index is 0.161. The van der Waals surface area contributed by atoms with Crippen LogP contribution in [-0.4, -0.2) is 84.1 Å². The maximum absolute atomic E-state index is 12.8. The molecule has 30 heavy (non-hydrogen) atoms. The van der Waals surface area contributed by atoms with Crippen LogP contribution in [0.15, 0.2) is 18.2 Å². The summed E-state index contributed by atoms with van der Waals surface area (Å²) in [5.74, 6) is -2.75. The third-order valence-corrected chi connectivity index (χ3v) is 7.32. The van der Waals surface area contributed by atoms with E-state index in [0.29, 0.717) is 24.2 Å². The number of carbonyl (C=O) groups excluding carboxylic acids is 4. The molecule has 4 rings (SSSR count). The molecule has 1 atom stereocenters. The van der Waals surface area contributed by atoms with Crippen molar-refractivity contribution in [2.75, 3.05) is 31.3 Å². The van der Waals surface area contributed by atoms with Crippen LogP contribution in [-0.2, 0) is 19.4 Å². The van der Waals surface area contributed by atoms with Crippen LogP contribution in [0.5, 0.6) is 0 Å². The van der Waals surface area contributed by atoms with Crippen LogP contribution >= 0.6 is 0 Å². The third kappa shape index (κ3) is 3.60. The summed E-state index contributed by atoms with van der Waals surface area (Å²) in [7, 11) is -3.56. The topological polar surface area (TPSA) is 112 Å². The van der Waals surface area contributed by atoms with Gasteiger partial charge in [-0.25, -0.2) is 8.42 Å². The number of hydrogen-bond donors (Lipinski definition) is 0.